The molecule has 0 bridgehead atoms. The average Bonchev–Trinajstić information content (AvgIpc) is 2.08. The zero-order valence-corrected chi connectivity index (χ0v) is 9.55. The maximum Gasteiger partial charge on any atom is 0.0673 e. The van der Waals surface area contributed by atoms with E-state index in [4.69, 9.17) is 4.74 Å². The topological polar surface area (TPSA) is 12.5 Å². The van der Waals surface area contributed by atoms with Crippen LogP contribution < -0.4 is 0 Å². The van der Waals surface area contributed by atoms with Crippen molar-refractivity contribution in [3.63, 3.8) is 0 Å². The summed E-state index contributed by atoms with van der Waals surface area (Å²) in [6.45, 7) is 13.2. The van der Waals surface area contributed by atoms with E-state index in [9.17, 15) is 0 Å². The predicted molar refractivity (Wildman–Crippen MR) is 55.6 cm³/mol. The fourth-order valence-electron chi connectivity index (χ4n) is 0.905. The molecule has 0 aliphatic rings. The molecule has 12 heavy (non-hydrogen) atoms. The summed E-state index contributed by atoms with van der Waals surface area (Å²) >= 11 is 0. The van der Waals surface area contributed by atoms with Crippen molar-refractivity contribution in [3.05, 3.63) is 0 Å². The number of rotatable bonds is 5. The second-order valence-corrected chi connectivity index (χ2v) is 2.62. The van der Waals surface area contributed by atoms with Gasteiger partial charge < -0.3 is 9.64 Å². The molecule has 0 radical (unpaired) electrons. The molecule has 0 spiro atoms. The van der Waals surface area contributed by atoms with E-state index in [2.05, 4.69) is 25.8 Å². The summed E-state index contributed by atoms with van der Waals surface area (Å²) in [5.41, 5.74) is 0. The van der Waals surface area contributed by atoms with Crippen LogP contribution in [0.25, 0.3) is 0 Å². The minimum Gasteiger partial charge on any atom is -0.377 e. The molecule has 0 fully saturated rings. The van der Waals surface area contributed by atoms with Gasteiger partial charge in [0.1, 0.15) is 0 Å². The monoisotopic (exact) mass is 175 g/mol. The van der Waals surface area contributed by atoms with Crippen molar-refractivity contribution in [2.45, 2.75) is 40.7 Å². The molecule has 0 saturated heterocycles. The predicted octanol–water partition coefficient (Wildman–Crippen LogP) is 2.39. The largest absolute Gasteiger partial charge is 0.377 e. The Kier molecular flexibility index (Phi) is 13.1. The second kappa shape index (κ2) is 10.9. The lowest BCUT2D eigenvalue weighted by molar-refractivity contribution is 0.0531. The molecule has 0 aromatic heterocycles. The summed E-state index contributed by atoms with van der Waals surface area (Å²) in [6, 6.07) is 0. The van der Waals surface area contributed by atoms with Crippen LogP contribution in [-0.4, -0.2) is 37.7 Å². The number of likely N-dealkylation sites (N-methyl/N-ethyl adjacent to an activating group) is 1. The zero-order chi connectivity index (χ0) is 9.98. The van der Waals surface area contributed by atoms with Gasteiger partial charge in [-0.25, -0.2) is 0 Å². The third-order valence-corrected chi connectivity index (χ3v) is 1.56. The van der Waals surface area contributed by atoms with Gasteiger partial charge in [-0.05, 0) is 27.4 Å². The van der Waals surface area contributed by atoms with E-state index in [1.807, 2.05) is 20.8 Å². The average molecular weight is 175 g/mol. The molecule has 0 amide bonds. The standard InChI is InChI=1S/C8H19NO.C2H6/c1-5-9(4)7-8(3)10-6-2;1-2/h8H,5-7H2,1-4H3;1-2H3. The zero-order valence-electron chi connectivity index (χ0n) is 9.55. The van der Waals surface area contributed by atoms with Crippen molar-refractivity contribution >= 4 is 0 Å². The molecule has 2 heteroatoms. The van der Waals surface area contributed by atoms with Gasteiger partial charge >= 0.3 is 0 Å². The Labute approximate surface area is 77.9 Å². The Morgan fingerprint density at radius 1 is 1.25 bits per heavy atom. The molecule has 0 aromatic rings. The number of hydrogen-bond acceptors (Lipinski definition) is 2. The molecule has 2 nitrogen and oxygen atoms in total. The second-order valence-electron chi connectivity index (χ2n) is 2.62. The van der Waals surface area contributed by atoms with Crippen LogP contribution in [0.2, 0.25) is 0 Å². The summed E-state index contributed by atoms with van der Waals surface area (Å²) in [5, 5.41) is 0. The molecule has 0 aromatic carbocycles. The van der Waals surface area contributed by atoms with Crippen LogP contribution in [-0.2, 0) is 4.74 Å². The lowest BCUT2D eigenvalue weighted by Gasteiger charge is -2.19. The lowest BCUT2D eigenvalue weighted by atomic mass is 10.4. The minimum absolute atomic E-state index is 0.370. The van der Waals surface area contributed by atoms with Crippen molar-refractivity contribution in [2.75, 3.05) is 26.7 Å². The molecule has 0 saturated carbocycles. The van der Waals surface area contributed by atoms with E-state index < -0.39 is 0 Å². The summed E-state index contributed by atoms with van der Waals surface area (Å²) in [4.78, 5) is 2.25. The first-order chi connectivity index (χ1) is 5.70. The lowest BCUT2D eigenvalue weighted by Crippen LogP contribution is -2.28. The summed E-state index contributed by atoms with van der Waals surface area (Å²) in [7, 11) is 2.11. The fraction of sp³-hybridized carbons (Fsp3) is 1.00. The molecule has 0 rings (SSSR count). The highest BCUT2D eigenvalue weighted by molar-refractivity contribution is 4.54. The van der Waals surface area contributed by atoms with Crippen LogP contribution in [0.5, 0.6) is 0 Å². The van der Waals surface area contributed by atoms with Crippen LogP contribution in [0.3, 0.4) is 0 Å². The molecule has 1 unspecified atom stereocenters. The van der Waals surface area contributed by atoms with Crippen LogP contribution in [0.4, 0.5) is 0 Å². The van der Waals surface area contributed by atoms with E-state index in [0.29, 0.717) is 6.10 Å². The third kappa shape index (κ3) is 9.92. The van der Waals surface area contributed by atoms with E-state index in [1.54, 1.807) is 0 Å². The Morgan fingerprint density at radius 3 is 2.08 bits per heavy atom. The van der Waals surface area contributed by atoms with Crippen molar-refractivity contribution < 1.29 is 4.74 Å². The highest BCUT2D eigenvalue weighted by Crippen LogP contribution is 1.92. The number of ether oxygens (including phenoxy) is 1. The summed E-state index contributed by atoms with van der Waals surface area (Å²) in [6.07, 6.45) is 0.370. The number of hydrogen-bond donors (Lipinski definition) is 0. The number of nitrogens with zero attached hydrogens (tertiary/aromatic N) is 1. The molecule has 1 atom stereocenters. The van der Waals surface area contributed by atoms with Gasteiger partial charge in [0.05, 0.1) is 6.10 Å². The molecule has 76 valence electrons. The van der Waals surface area contributed by atoms with E-state index in [1.165, 1.54) is 0 Å². The van der Waals surface area contributed by atoms with Crippen molar-refractivity contribution in [2.24, 2.45) is 0 Å². The van der Waals surface area contributed by atoms with Crippen molar-refractivity contribution in [1.82, 2.24) is 4.90 Å². The quantitative estimate of drug-likeness (QED) is 0.636. The van der Waals surface area contributed by atoms with Crippen LogP contribution in [0.1, 0.15) is 34.6 Å². The molecule has 0 aliphatic carbocycles. The van der Waals surface area contributed by atoms with Gasteiger partial charge in [0, 0.05) is 13.2 Å². The highest BCUT2D eigenvalue weighted by atomic mass is 16.5. The van der Waals surface area contributed by atoms with E-state index in [-0.39, 0.29) is 0 Å². The van der Waals surface area contributed by atoms with Crippen LogP contribution >= 0.6 is 0 Å². The van der Waals surface area contributed by atoms with E-state index in [0.717, 1.165) is 19.7 Å². The third-order valence-electron chi connectivity index (χ3n) is 1.56. The van der Waals surface area contributed by atoms with Gasteiger partial charge in [-0.15, -0.1) is 0 Å². The van der Waals surface area contributed by atoms with Gasteiger partial charge in [-0.3, -0.25) is 0 Å². The SMILES string of the molecule is CC.CCOC(C)CN(C)CC. The normalized spacial score (nSPS) is 12.2. The molecular formula is C10H25NO. The highest BCUT2D eigenvalue weighted by Gasteiger charge is 2.02. The fourth-order valence-corrected chi connectivity index (χ4v) is 0.905. The smallest absolute Gasteiger partial charge is 0.0673 e. The van der Waals surface area contributed by atoms with Crippen LogP contribution in [0.15, 0.2) is 0 Å². The van der Waals surface area contributed by atoms with Gasteiger partial charge in [-0.2, -0.15) is 0 Å². The summed E-state index contributed by atoms with van der Waals surface area (Å²) < 4.78 is 5.37. The van der Waals surface area contributed by atoms with Gasteiger partial charge in [-0.1, -0.05) is 20.8 Å². The molecular weight excluding hydrogens is 150 g/mol. The first kappa shape index (κ1) is 14.4. The molecule has 0 N–H and O–H groups in total. The van der Waals surface area contributed by atoms with Crippen molar-refractivity contribution in [3.8, 4) is 0 Å². The van der Waals surface area contributed by atoms with Crippen LogP contribution in [0, 0.1) is 0 Å². The van der Waals surface area contributed by atoms with E-state index >= 15 is 0 Å². The maximum atomic E-state index is 5.37. The van der Waals surface area contributed by atoms with Gasteiger partial charge in [0.15, 0.2) is 0 Å². The maximum absolute atomic E-state index is 5.37. The van der Waals surface area contributed by atoms with Gasteiger partial charge in [0.25, 0.3) is 0 Å². The minimum atomic E-state index is 0.370. The Hall–Kier alpha value is -0.0800. The Morgan fingerprint density at radius 2 is 1.75 bits per heavy atom. The molecule has 0 aliphatic heterocycles. The van der Waals surface area contributed by atoms with Crippen molar-refractivity contribution in [1.29, 1.82) is 0 Å². The first-order valence-corrected chi connectivity index (χ1v) is 5.00. The first-order valence-electron chi connectivity index (χ1n) is 5.00. The Balaban J connectivity index is 0. The summed E-state index contributed by atoms with van der Waals surface area (Å²) in [5.74, 6) is 0. The Bertz CT molecular complexity index is 76.2. The molecule has 0 heterocycles. The van der Waals surface area contributed by atoms with Gasteiger partial charge in [0.2, 0.25) is 0 Å².